The van der Waals surface area contributed by atoms with Crippen LogP contribution in [0.1, 0.15) is 39.0 Å². The summed E-state index contributed by atoms with van der Waals surface area (Å²) >= 11 is 0. The molecule has 0 fully saturated rings. The molecule has 1 N–H and O–H groups in total. The summed E-state index contributed by atoms with van der Waals surface area (Å²) in [4.78, 5) is 12.5. The quantitative estimate of drug-likeness (QED) is 0.857. The molecule has 0 aliphatic heterocycles. The van der Waals surface area contributed by atoms with Gasteiger partial charge in [-0.2, -0.15) is 4.98 Å². The average molecular weight is 261 g/mol. The van der Waals surface area contributed by atoms with Crippen molar-refractivity contribution in [3.05, 3.63) is 24.5 Å². The molecule has 0 aromatic carbocycles. The van der Waals surface area contributed by atoms with Crippen LogP contribution in [0.5, 0.6) is 0 Å². The van der Waals surface area contributed by atoms with Crippen LogP contribution in [0.2, 0.25) is 0 Å². The van der Waals surface area contributed by atoms with Crippen LogP contribution in [0.3, 0.4) is 0 Å². The fourth-order valence-electron chi connectivity index (χ4n) is 1.70. The lowest BCUT2D eigenvalue weighted by Crippen LogP contribution is -2.31. The summed E-state index contributed by atoms with van der Waals surface area (Å²) in [5.74, 6) is 1.26. The summed E-state index contributed by atoms with van der Waals surface area (Å²) in [5, 5.41) is 7.38. The Kier molecular flexibility index (Phi) is 4.57. The Morgan fingerprint density at radius 1 is 1.32 bits per heavy atom. The second-order valence-corrected chi connectivity index (χ2v) is 4.58. The van der Waals surface area contributed by atoms with Crippen LogP contribution < -0.4 is 5.32 Å². The molecular weight excluding hydrogens is 242 g/mol. The summed E-state index contributed by atoms with van der Waals surface area (Å²) in [6.07, 6.45) is 5.95. The van der Waals surface area contributed by atoms with E-state index in [1.54, 1.807) is 18.6 Å². The van der Waals surface area contributed by atoms with Crippen LogP contribution in [-0.4, -0.2) is 32.7 Å². The molecule has 2 aromatic heterocycles. The summed E-state index contributed by atoms with van der Waals surface area (Å²) < 4.78 is 5.31. The van der Waals surface area contributed by atoms with Gasteiger partial charge in [-0.15, -0.1) is 0 Å². The SMILES string of the molecule is CCCNC(C)C(C)c1nc(-c2cnccn2)no1. The van der Waals surface area contributed by atoms with E-state index in [0.717, 1.165) is 13.0 Å². The van der Waals surface area contributed by atoms with Gasteiger partial charge in [-0.1, -0.05) is 19.0 Å². The number of hydrogen-bond acceptors (Lipinski definition) is 6. The zero-order chi connectivity index (χ0) is 13.7. The number of hydrogen-bond donors (Lipinski definition) is 1. The topological polar surface area (TPSA) is 76.7 Å². The zero-order valence-electron chi connectivity index (χ0n) is 11.5. The number of nitrogens with one attached hydrogen (secondary N) is 1. The maximum Gasteiger partial charge on any atom is 0.231 e. The normalized spacial score (nSPS) is 14.3. The van der Waals surface area contributed by atoms with E-state index in [2.05, 4.69) is 46.2 Å². The first-order valence-corrected chi connectivity index (χ1v) is 6.55. The largest absolute Gasteiger partial charge is 0.339 e. The van der Waals surface area contributed by atoms with Crippen molar-refractivity contribution < 1.29 is 4.52 Å². The molecule has 0 bridgehead atoms. The van der Waals surface area contributed by atoms with E-state index in [-0.39, 0.29) is 12.0 Å². The van der Waals surface area contributed by atoms with Crippen molar-refractivity contribution in [3.63, 3.8) is 0 Å². The van der Waals surface area contributed by atoms with E-state index < -0.39 is 0 Å². The number of nitrogens with zero attached hydrogens (tertiary/aromatic N) is 4. The lowest BCUT2D eigenvalue weighted by Gasteiger charge is -2.17. The van der Waals surface area contributed by atoms with Gasteiger partial charge in [0.25, 0.3) is 0 Å². The Balaban J connectivity index is 2.08. The van der Waals surface area contributed by atoms with E-state index in [1.165, 1.54) is 0 Å². The second-order valence-electron chi connectivity index (χ2n) is 4.58. The van der Waals surface area contributed by atoms with E-state index in [0.29, 0.717) is 17.4 Å². The monoisotopic (exact) mass is 261 g/mol. The molecule has 6 heteroatoms. The van der Waals surface area contributed by atoms with Crippen molar-refractivity contribution in [2.45, 2.75) is 39.2 Å². The molecule has 2 aromatic rings. The maximum absolute atomic E-state index is 5.31. The molecule has 6 nitrogen and oxygen atoms in total. The minimum Gasteiger partial charge on any atom is -0.339 e. The van der Waals surface area contributed by atoms with Crippen LogP contribution in [0.4, 0.5) is 0 Å². The van der Waals surface area contributed by atoms with Crippen LogP contribution in [0.25, 0.3) is 11.5 Å². The molecule has 2 rings (SSSR count). The van der Waals surface area contributed by atoms with E-state index in [4.69, 9.17) is 4.52 Å². The van der Waals surface area contributed by atoms with Crippen LogP contribution in [-0.2, 0) is 0 Å². The summed E-state index contributed by atoms with van der Waals surface area (Å²) in [6.45, 7) is 7.31. The molecule has 0 spiro atoms. The Bertz CT molecular complexity index is 499. The van der Waals surface area contributed by atoms with Crippen molar-refractivity contribution in [1.82, 2.24) is 25.4 Å². The molecule has 2 atom stereocenters. The van der Waals surface area contributed by atoms with Gasteiger partial charge in [0.1, 0.15) is 5.69 Å². The fraction of sp³-hybridized carbons (Fsp3) is 0.538. The van der Waals surface area contributed by atoms with Gasteiger partial charge in [-0.05, 0) is 19.9 Å². The summed E-state index contributed by atoms with van der Waals surface area (Å²) in [6, 6.07) is 0.287. The van der Waals surface area contributed by atoms with Crippen molar-refractivity contribution in [2.24, 2.45) is 0 Å². The molecule has 0 saturated carbocycles. The average Bonchev–Trinajstić information content (AvgIpc) is 2.94. The smallest absolute Gasteiger partial charge is 0.231 e. The Labute approximate surface area is 112 Å². The van der Waals surface area contributed by atoms with Crippen molar-refractivity contribution in [3.8, 4) is 11.5 Å². The fourth-order valence-corrected chi connectivity index (χ4v) is 1.70. The Hall–Kier alpha value is -1.82. The summed E-state index contributed by atoms with van der Waals surface area (Å²) in [5.41, 5.74) is 0.624. The Morgan fingerprint density at radius 2 is 2.16 bits per heavy atom. The molecule has 2 unspecified atom stereocenters. The summed E-state index contributed by atoms with van der Waals surface area (Å²) in [7, 11) is 0. The van der Waals surface area contributed by atoms with E-state index >= 15 is 0 Å². The molecule has 19 heavy (non-hydrogen) atoms. The minimum atomic E-state index is 0.157. The first kappa shape index (κ1) is 13.6. The molecule has 0 amide bonds. The molecule has 0 aliphatic carbocycles. The third-order valence-corrected chi connectivity index (χ3v) is 3.09. The van der Waals surface area contributed by atoms with Gasteiger partial charge in [-0.25, -0.2) is 4.98 Å². The second kappa shape index (κ2) is 6.38. The van der Waals surface area contributed by atoms with Gasteiger partial charge in [-0.3, -0.25) is 4.98 Å². The first-order valence-electron chi connectivity index (χ1n) is 6.55. The van der Waals surface area contributed by atoms with Crippen LogP contribution >= 0.6 is 0 Å². The van der Waals surface area contributed by atoms with E-state index in [1.807, 2.05) is 0 Å². The van der Waals surface area contributed by atoms with Crippen molar-refractivity contribution >= 4 is 0 Å². The van der Waals surface area contributed by atoms with Crippen molar-refractivity contribution in [1.29, 1.82) is 0 Å². The van der Waals surface area contributed by atoms with Gasteiger partial charge < -0.3 is 9.84 Å². The maximum atomic E-state index is 5.31. The minimum absolute atomic E-state index is 0.157. The predicted molar refractivity (Wildman–Crippen MR) is 71.5 cm³/mol. The van der Waals surface area contributed by atoms with Crippen LogP contribution in [0, 0.1) is 0 Å². The molecular formula is C13H19N5O. The predicted octanol–water partition coefficient (Wildman–Crippen LogP) is 2.02. The highest BCUT2D eigenvalue weighted by Crippen LogP contribution is 2.20. The number of rotatable bonds is 6. The standard InChI is InChI=1S/C13H19N5O/c1-4-5-15-10(3)9(2)13-17-12(18-19-13)11-8-14-6-7-16-11/h6-10,15H,4-5H2,1-3H3. The zero-order valence-corrected chi connectivity index (χ0v) is 11.5. The van der Waals surface area contributed by atoms with Gasteiger partial charge in [0.15, 0.2) is 0 Å². The molecule has 102 valence electrons. The third kappa shape index (κ3) is 3.35. The first-order chi connectivity index (χ1) is 9.22. The molecule has 0 aliphatic rings. The third-order valence-electron chi connectivity index (χ3n) is 3.09. The van der Waals surface area contributed by atoms with E-state index in [9.17, 15) is 0 Å². The highest BCUT2D eigenvalue weighted by Gasteiger charge is 2.20. The molecule has 0 radical (unpaired) electrons. The Morgan fingerprint density at radius 3 is 2.84 bits per heavy atom. The van der Waals surface area contributed by atoms with Gasteiger partial charge >= 0.3 is 0 Å². The van der Waals surface area contributed by atoms with Gasteiger partial charge in [0, 0.05) is 18.4 Å². The highest BCUT2D eigenvalue weighted by atomic mass is 16.5. The van der Waals surface area contributed by atoms with Gasteiger partial charge in [0.2, 0.25) is 11.7 Å². The molecule has 2 heterocycles. The highest BCUT2D eigenvalue weighted by molar-refractivity contribution is 5.45. The number of aromatic nitrogens is 4. The van der Waals surface area contributed by atoms with Gasteiger partial charge in [0.05, 0.1) is 12.1 Å². The lowest BCUT2D eigenvalue weighted by molar-refractivity contribution is 0.331. The van der Waals surface area contributed by atoms with Crippen molar-refractivity contribution in [2.75, 3.05) is 6.54 Å². The van der Waals surface area contributed by atoms with Crippen LogP contribution in [0.15, 0.2) is 23.1 Å². The lowest BCUT2D eigenvalue weighted by atomic mass is 10.0. The molecule has 0 saturated heterocycles.